The third kappa shape index (κ3) is 3.43. The fourth-order valence-electron chi connectivity index (χ4n) is 2.46. The van der Waals surface area contributed by atoms with Gasteiger partial charge in [-0.1, -0.05) is 27.2 Å². The van der Waals surface area contributed by atoms with Gasteiger partial charge >= 0.3 is 0 Å². The molecule has 1 rings (SSSR count). The summed E-state index contributed by atoms with van der Waals surface area (Å²) in [6, 6.07) is 0. The van der Waals surface area contributed by atoms with Crippen LogP contribution in [0.3, 0.4) is 0 Å². The third-order valence-corrected chi connectivity index (χ3v) is 3.49. The molecule has 1 aliphatic carbocycles. The van der Waals surface area contributed by atoms with Gasteiger partial charge in [0, 0.05) is 12.3 Å². The maximum atomic E-state index is 11.8. The van der Waals surface area contributed by atoms with Crippen molar-refractivity contribution in [3.63, 3.8) is 0 Å². The second-order valence-electron chi connectivity index (χ2n) is 5.19. The van der Waals surface area contributed by atoms with Crippen LogP contribution >= 0.6 is 0 Å². The maximum absolute atomic E-state index is 11.8. The average Bonchev–Trinajstić information content (AvgIpc) is 2.17. The summed E-state index contributed by atoms with van der Waals surface area (Å²) in [4.78, 5) is 11.8. The third-order valence-electron chi connectivity index (χ3n) is 3.49. The van der Waals surface area contributed by atoms with Crippen molar-refractivity contribution in [3.05, 3.63) is 0 Å². The Kier molecular flexibility index (Phi) is 4.64. The minimum absolute atomic E-state index is 0.403. The SMILES string of the molecule is CCC1CCC(C(=O)CC(C)C)CC1. The van der Waals surface area contributed by atoms with Crippen LogP contribution in [0.15, 0.2) is 0 Å². The van der Waals surface area contributed by atoms with Gasteiger partial charge in [0.25, 0.3) is 0 Å². The molecule has 0 unspecified atom stereocenters. The van der Waals surface area contributed by atoms with Crippen LogP contribution in [0.1, 0.15) is 59.3 Å². The molecule has 14 heavy (non-hydrogen) atoms. The second kappa shape index (κ2) is 5.53. The van der Waals surface area contributed by atoms with Crippen molar-refractivity contribution < 1.29 is 4.79 Å². The molecule has 0 spiro atoms. The summed E-state index contributed by atoms with van der Waals surface area (Å²) in [5.74, 6) is 2.36. The molecule has 0 saturated heterocycles. The van der Waals surface area contributed by atoms with E-state index >= 15 is 0 Å². The van der Waals surface area contributed by atoms with Gasteiger partial charge in [-0.25, -0.2) is 0 Å². The maximum Gasteiger partial charge on any atom is 0.136 e. The summed E-state index contributed by atoms with van der Waals surface area (Å²) in [6.45, 7) is 6.53. The van der Waals surface area contributed by atoms with Gasteiger partial charge < -0.3 is 0 Å². The van der Waals surface area contributed by atoms with Crippen molar-refractivity contribution in [1.82, 2.24) is 0 Å². The molecule has 0 atom stereocenters. The molecule has 0 heterocycles. The van der Waals surface area contributed by atoms with E-state index in [2.05, 4.69) is 20.8 Å². The minimum Gasteiger partial charge on any atom is -0.299 e. The van der Waals surface area contributed by atoms with E-state index in [0.29, 0.717) is 17.6 Å². The standard InChI is InChI=1S/C13H24O/c1-4-11-5-7-12(8-6-11)13(14)9-10(2)3/h10-12H,4-9H2,1-3H3. The number of hydrogen-bond acceptors (Lipinski definition) is 1. The first kappa shape index (κ1) is 11.7. The predicted octanol–water partition coefficient (Wildman–Crippen LogP) is 3.82. The monoisotopic (exact) mass is 196 g/mol. The summed E-state index contributed by atoms with van der Waals surface area (Å²) in [5.41, 5.74) is 0. The molecule has 1 saturated carbocycles. The van der Waals surface area contributed by atoms with Crippen LogP contribution in [0.4, 0.5) is 0 Å². The number of carbonyl (C=O) groups excluding carboxylic acids is 1. The molecule has 1 fully saturated rings. The zero-order valence-electron chi connectivity index (χ0n) is 9.88. The van der Waals surface area contributed by atoms with E-state index in [9.17, 15) is 4.79 Å². The lowest BCUT2D eigenvalue weighted by Crippen LogP contribution is -2.22. The van der Waals surface area contributed by atoms with Gasteiger partial charge in [0.1, 0.15) is 5.78 Å². The Bertz CT molecular complexity index is 176. The van der Waals surface area contributed by atoms with Crippen LogP contribution in [0.25, 0.3) is 0 Å². The van der Waals surface area contributed by atoms with E-state index in [1.54, 1.807) is 0 Å². The van der Waals surface area contributed by atoms with E-state index in [4.69, 9.17) is 0 Å². The Labute approximate surface area is 88.3 Å². The minimum atomic E-state index is 0.403. The number of rotatable bonds is 4. The fourth-order valence-corrected chi connectivity index (χ4v) is 2.46. The summed E-state index contributed by atoms with van der Waals surface area (Å²) in [7, 11) is 0. The Hall–Kier alpha value is -0.330. The number of Topliss-reactive ketones (excluding diaryl/α,β-unsaturated/α-hetero) is 1. The summed E-state index contributed by atoms with van der Waals surface area (Å²) in [6.07, 6.45) is 6.97. The molecule has 82 valence electrons. The van der Waals surface area contributed by atoms with E-state index < -0.39 is 0 Å². The Morgan fingerprint density at radius 2 is 1.79 bits per heavy atom. The zero-order chi connectivity index (χ0) is 10.6. The van der Waals surface area contributed by atoms with E-state index in [1.165, 1.54) is 19.3 Å². The van der Waals surface area contributed by atoms with Crippen LogP contribution in [0.2, 0.25) is 0 Å². The molecule has 0 aromatic heterocycles. The molecule has 0 radical (unpaired) electrons. The van der Waals surface area contributed by atoms with Crippen molar-refractivity contribution in [3.8, 4) is 0 Å². The molecule has 1 nitrogen and oxygen atoms in total. The normalized spacial score (nSPS) is 28.0. The quantitative estimate of drug-likeness (QED) is 0.668. The highest BCUT2D eigenvalue weighted by atomic mass is 16.1. The molecular weight excluding hydrogens is 172 g/mol. The van der Waals surface area contributed by atoms with Gasteiger partial charge in [0.15, 0.2) is 0 Å². The average molecular weight is 196 g/mol. The predicted molar refractivity (Wildman–Crippen MR) is 60.2 cm³/mol. The van der Waals surface area contributed by atoms with E-state index in [1.807, 2.05) is 0 Å². The number of carbonyl (C=O) groups is 1. The van der Waals surface area contributed by atoms with Crippen LogP contribution in [-0.4, -0.2) is 5.78 Å². The lowest BCUT2D eigenvalue weighted by Gasteiger charge is -2.27. The zero-order valence-corrected chi connectivity index (χ0v) is 9.88. The van der Waals surface area contributed by atoms with Gasteiger partial charge in [-0.3, -0.25) is 4.79 Å². The van der Waals surface area contributed by atoms with Gasteiger partial charge in [0.05, 0.1) is 0 Å². The molecule has 0 amide bonds. The largest absolute Gasteiger partial charge is 0.299 e. The van der Waals surface area contributed by atoms with Crippen molar-refractivity contribution in [1.29, 1.82) is 0 Å². The van der Waals surface area contributed by atoms with Crippen molar-refractivity contribution >= 4 is 5.78 Å². The van der Waals surface area contributed by atoms with Gasteiger partial charge in [-0.15, -0.1) is 0 Å². The highest BCUT2D eigenvalue weighted by Gasteiger charge is 2.25. The summed E-state index contributed by atoms with van der Waals surface area (Å²) < 4.78 is 0. The second-order valence-corrected chi connectivity index (χ2v) is 5.19. The van der Waals surface area contributed by atoms with Crippen molar-refractivity contribution in [2.45, 2.75) is 59.3 Å². The van der Waals surface area contributed by atoms with Gasteiger partial charge in [-0.2, -0.15) is 0 Å². The van der Waals surface area contributed by atoms with Gasteiger partial charge in [0.2, 0.25) is 0 Å². The van der Waals surface area contributed by atoms with Crippen LogP contribution in [-0.2, 0) is 4.79 Å². The van der Waals surface area contributed by atoms with E-state index in [-0.39, 0.29) is 0 Å². The first-order valence-electron chi connectivity index (χ1n) is 6.16. The first-order valence-corrected chi connectivity index (χ1v) is 6.16. The lowest BCUT2D eigenvalue weighted by atomic mass is 9.78. The Morgan fingerprint density at radius 1 is 1.21 bits per heavy atom. The summed E-state index contributed by atoms with van der Waals surface area (Å²) in [5, 5.41) is 0. The fraction of sp³-hybridized carbons (Fsp3) is 0.923. The van der Waals surface area contributed by atoms with Crippen LogP contribution < -0.4 is 0 Å². The molecular formula is C13H24O. The molecule has 0 N–H and O–H groups in total. The Morgan fingerprint density at radius 3 is 2.21 bits per heavy atom. The summed E-state index contributed by atoms with van der Waals surface area (Å²) >= 11 is 0. The van der Waals surface area contributed by atoms with Crippen LogP contribution in [0.5, 0.6) is 0 Å². The van der Waals surface area contributed by atoms with Crippen LogP contribution in [0, 0.1) is 17.8 Å². The number of ketones is 1. The molecule has 0 bridgehead atoms. The Balaban J connectivity index is 2.30. The molecule has 0 aliphatic heterocycles. The topological polar surface area (TPSA) is 17.1 Å². The molecule has 0 aromatic carbocycles. The molecule has 1 aliphatic rings. The molecule has 0 aromatic rings. The van der Waals surface area contributed by atoms with Crippen molar-refractivity contribution in [2.75, 3.05) is 0 Å². The van der Waals surface area contributed by atoms with E-state index in [0.717, 1.165) is 25.2 Å². The van der Waals surface area contributed by atoms with Gasteiger partial charge in [-0.05, 0) is 37.5 Å². The highest BCUT2D eigenvalue weighted by Crippen LogP contribution is 2.32. The number of hydrogen-bond donors (Lipinski definition) is 0. The highest BCUT2D eigenvalue weighted by molar-refractivity contribution is 5.81. The van der Waals surface area contributed by atoms with Crippen molar-refractivity contribution in [2.24, 2.45) is 17.8 Å². The lowest BCUT2D eigenvalue weighted by molar-refractivity contribution is -0.124. The smallest absolute Gasteiger partial charge is 0.136 e. The first-order chi connectivity index (χ1) is 6.63. The molecule has 1 heteroatoms.